The maximum absolute atomic E-state index is 12.5. The Morgan fingerprint density at radius 1 is 1.32 bits per heavy atom. The second kappa shape index (κ2) is 12.9. The third-order valence-corrected chi connectivity index (χ3v) is 5.13. The predicted molar refractivity (Wildman–Crippen MR) is 125 cm³/mol. The van der Waals surface area contributed by atoms with Crippen molar-refractivity contribution in [2.75, 3.05) is 39.5 Å². The second-order valence-electron chi connectivity index (χ2n) is 7.36. The minimum atomic E-state index is -0.668. The van der Waals surface area contributed by atoms with Gasteiger partial charge in [0.25, 0.3) is 5.91 Å². The number of H-pyrrole nitrogens is 1. The van der Waals surface area contributed by atoms with Crippen molar-refractivity contribution in [3.63, 3.8) is 0 Å². The van der Waals surface area contributed by atoms with E-state index in [0.717, 1.165) is 13.1 Å². The first-order chi connectivity index (χ1) is 16.5. The lowest BCUT2D eigenvalue weighted by molar-refractivity contribution is 0.0921. The molecule has 0 aliphatic carbocycles. The van der Waals surface area contributed by atoms with Crippen LogP contribution in [0, 0.1) is 11.7 Å². The van der Waals surface area contributed by atoms with E-state index in [1.54, 1.807) is 30.3 Å². The van der Waals surface area contributed by atoms with Crippen LogP contribution in [0.1, 0.15) is 17.3 Å². The molecule has 1 saturated heterocycles. The first kappa shape index (κ1) is 25.4. The summed E-state index contributed by atoms with van der Waals surface area (Å²) in [6.45, 7) is 5.71. The van der Waals surface area contributed by atoms with Gasteiger partial charge in [-0.2, -0.15) is 0 Å². The number of carbonyl (C=O) groups excluding carboxylic acids is 1. The minimum Gasteiger partial charge on any atom is -0.493 e. The maximum Gasteiger partial charge on any atom is 0.439 e. The Morgan fingerprint density at radius 3 is 2.82 bits per heavy atom. The fourth-order valence-corrected chi connectivity index (χ4v) is 3.29. The Morgan fingerprint density at radius 2 is 2.15 bits per heavy atom. The van der Waals surface area contributed by atoms with Crippen molar-refractivity contribution in [1.29, 1.82) is 0 Å². The number of hydrogen-bond donors (Lipinski definition) is 3. The van der Waals surface area contributed by atoms with Crippen molar-refractivity contribution in [2.24, 2.45) is 5.92 Å². The van der Waals surface area contributed by atoms with E-state index in [1.807, 2.05) is 6.92 Å². The van der Waals surface area contributed by atoms with Crippen LogP contribution in [0.3, 0.4) is 0 Å². The number of ether oxygens (including phenoxy) is 2. The molecule has 2 heterocycles. The van der Waals surface area contributed by atoms with E-state index in [9.17, 15) is 14.0 Å². The monoisotopic (exact) mass is 492 g/mol. The molecule has 9 nitrogen and oxygen atoms in total. The Labute approximate surface area is 200 Å². The van der Waals surface area contributed by atoms with Crippen LogP contribution in [0.2, 0.25) is 5.02 Å². The molecule has 0 radical (unpaired) electrons. The number of nitrogens with zero attached hydrogens (tertiary/aromatic N) is 1. The Kier molecular flexibility index (Phi) is 9.62. The summed E-state index contributed by atoms with van der Waals surface area (Å²) in [6.07, 6.45) is 0. The van der Waals surface area contributed by atoms with E-state index >= 15 is 0 Å². The molecule has 0 spiro atoms. The molecule has 1 aliphatic rings. The minimum absolute atomic E-state index is 0.174. The fourth-order valence-electron chi connectivity index (χ4n) is 3.15. The highest BCUT2D eigenvalue weighted by atomic mass is 35.5. The zero-order chi connectivity index (χ0) is 24.3. The van der Waals surface area contributed by atoms with Gasteiger partial charge < -0.3 is 20.1 Å². The maximum atomic E-state index is 12.5. The largest absolute Gasteiger partial charge is 0.493 e. The predicted octanol–water partition coefficient (Wildman–Crippen LogP) is 2.87. The molecule has 1 aliphatic heterocycles. The molecule has 11 heteroatoms. The summed E-state index contributed by atoms with van der Waals surface area (Å²) < 4.78 is 27.8. The highest BCUT2D eigenvalue weighted by Crippen LogP contribution is 2.28. The average molecular weight is 493 g/mol. The molecule has 1 amide bonds. The van der Waals surface area contributed by atoms with Crippen LogP contribution in [-0.4, -0.2) is 55.5 Å². The van der Waals surface area contributed by atoms with Crippen molar-refractivity contribution in [1.82, 2.24) is 20.8 Å². The van der Waals surface area contributed by atoms with Gasteiger partial charge in [0.1, 0.15) is 11.6 Å². The Balaban J connectivity index is 0.000000343. The van der Waals surface area contributed by atoms with E-state index in [0.29, 0.717) is 43.2 Å². The van der Waals surface area contributed by atoms with Crippen LogP contribution in [0.15, 0.2) is 51.8 Å². The molecule has 4 rings (SSSR count). The van der Waals surface area contributed by atoms with Gasteiger partial charge in [-0.3, -0.25) is 14.3 Å². The van der Waals surface area contributed by atoms with Gasteiger partial charge in [-0.05, 0) is 37.3 Å². The zero-order valence-corrected chi connectivity index (χ0v) is 19.4. The Bertz CT molecular complexity index is 1110. The first-order valence-corrected chi connectivity index (χ1v) is 11.2. The smallest absolute Gasteiger partial charge is 0.439 e. The molecule has 0 bridgehead atoms. The Hall–Kier alpha value is -3.21. The highest BCUT2D eigenvalue weighted by Gasteiger charge is 2.17. The third-order valence-electron chi connectivity index (χ3n) is 4.82. The van der Waals surface area contributed by atoms with Crippen LogP contribution >= 0.6 is 11.6 Å². The SMILES string of the molecule is CCOc1ccc(C(=O)NCC2CNCCOC2)cc1-c1noc(=O)[nH]1.Fc1ccccc1Cl. The molecule has 3 N–H and O–H groups in total. The summed E-state index contributed by atoms with van der Waals surface area (Å²) >= 11 is 5.33. The van der Waals surface area contributed by atoms with Gasteiger partial charge in [0.15, 0.2) is 5.82 Å². The number of carbonyl (C=O) groups is 1. The highest BCUT2D eigenvalue weighted by molar-refractivity contribution is 6.30. The van der Waals surface area contributed by atoms with Crippen LogP contribution in [-0.2, 0) is 4.74 Å². The summed E-state index contributed by atoms with van der Waals surface area (Å²) in [7, 11) is 0. The number of halogens is 2. The fraction of sp³-hybridized carbons (Fsp3) is 0.348. The lowest BCUT2D eigenvalue weighted by Gasteiger charge is -2.15. The van der Waals surface area contributed by atoms with Gasteiger partial charge in [0.2, 0.25) is 0 Å². The van der Waals surface area contributed by atoms with E-state index in [1.165, 1.54) is 12.1 Å². The molecule has 182 valence electrons. The quantitative estimate of drug-likeness (QED) is 0.484. The number of amides is 1. The summed E-state index contributed by atoms with van der Waals surface area (Å²) in [6, 6.07) is 11.1. The van der Waals surface area contributed by atoms with E-state index < -0.39 is 5.76 Å². The van der Waals surface area contributed by atoms with Gasteiger partial charge in [0, 0.05) is 31.1 Å². The number of benzene rings is 2. The van der Waals surface area contributed by atoms with Crippen molar-refractivity contribution in [2.45, 2.75) is 6.92 Å². The van der Waals surface area contributed by atoms with Crippen molar-refractivity contribution in [3.05, 3.63) is 69.4 Å². The molecule has 1 atom stereocenters. The summed E-state index contributed by atoms with van der Waals surface area (Å²) in [5.74, 6) is -0.309. The molecule has 1 aromatic heterocycles. The van der Waals surface area contributed by atoms with E-state index in [-0.39, 0.29) is 28.5 Å². The number of aromatic amines is 1. The van der Waals surface area contributed by atoms with E-state index in [4.69, 9.17) is 21.1 Å². The third kappa shape index (κ3) is 7.41. The lowest BCUT2D eigenvalue weighted by Crippen LogP contribution is -2.35. The summed E-state index contributed by atoms with van der Waals surface area (Å²) in [5, 5.41) is 10.0. The molecule has 34 heavy (non-hydrogen) atoms. The lowest BCUT2D eigenvalue weighted by atomic mass is 10.1. The molecule has 2 aromatic carbocycles. The zero-order valence-electron chi connectivity index (χ0n) is 18.6. The van der Waals surface area contributed by atoms with Gasteiger partial charge in [-0.25, -0.2) is 9.18 Å². The van der Waals surface area contributed by atoms with Gasteiger partial charge in [-0.15, -0.1) is 0 Å². The van der Waals surface area contributed by atoms with Crippen molar-refractivity contribution < 1.29 is 23.2 Å². The summed E-state index contributed by atoms with van der Waals surface area (Å²) in [5.41, 5.74) is 0.930. The molecule has 1 unspecified atom stereocenters. The number of rotatable bonds is 6. The molecule has 0 saturated carbocycles. The molecular formula is C23H26ClFN4O5. The second-order valence-corrected chi connectivity index (χ2v) is 7.76. The van der Waals surface area contributed by atoms with Crippen molar-refractivity contribution in [3.8, 4) is 17.1 Å². The standard InChI is InChI=1S/C17H22N4O5.C6H4ClF/c1-2-25-14-4-3-12(7-13(14)15-20-17(23)26-21-15)16(22)19-9-11-8-18-5-6-24-10-11;7-5-3-1-2-4-6(5)8/h3-4,7,11,18H,2,5-6,8-10H2,1H3,(H,19,22)(H,20,21,23);1-4H. The first-order valence-electron chi connectivity index (χ1n) is 10.8. The number of aromatic nitrogens is 2. The number of nitrogens with one attached hydrogen (secondary N) is 3. The van der Waals surface area contributed by atoms with Crippen LogP contribution < -0.4 is 21.1 Å². The van der Waals surface area contributed by atoms with Crippen LogP contribution in [0.25, 0.3) is 11.4 Å². The topological polar surface area (TPSA) is 118 Å². The number of hydrogen-bond acceptors (Lipinski definition) is 7. The molecular weight excluding hydrogens is 467 g/mol. The molecule has 3 aromatic rings. The average Bonchev–Trinajstić information content (AvgIpc) is 3.10. The van der Waals surface area contributed by atoms with Gasteiger partial charge in [0.05, 0.1) is 30.4 Å². The summed E-state index contributed by atoms with van der Waals surface area (Å²) in [4.78, 5) is 26.2. The van der Waals surface area contributed by atoms with E-state index in [2.05, 4.69) is 25.3 Å². The normalized spacial score (nSPS) is 15.6. The van der Waals surface area contributed by atoms with Crippen LogP contribution in [0.4, 0.5) is 4.39 Å². The van der Waals surface area contributed by atoms with Gasteiger partial charge in [-0.1, -0.05) is 28.9 Å². The molecule has 1 fully saturated rings. The van der Waals surface area contributed by atoms with Gasteiger partial charge >= 0.3 is 5.76 Å². The van der Waals surface area contributed by atoms with Crippen molar-refractivity contribution >= 4 is 17.5 Å². The van der Waals surface area contributed by atoms with Crippen LogP contribution in [0.5, 0.6) is 5.75 Å².